The molecule has 0 saturated heterocycles. The van der Waals surface area contributed by atoms with Crippen LogP contribution in [-0.2, 0) is 17.8 Å². The van der Waals surface area contributed by atoms with E-state index in [0.717, 1.165) is 33.6 Å². The molecule has 0 atom stereocenters. The predicted octanol–water partition coefficient (Wildman–Crippen LogP) is 3.64. The van der Waals surface area contributed by atoms with Crippen molar-refractivity contribution in [3.8, 4) is 22.5 Å². The summed E-state index contributed by atoms with van der Waals surface area (Å²) in [5, 5.41) is 8.98. The zero-order valence-corrected chi connectivity index (χ0v) is 19.5. The van der Waals surface area contributed by atoms with Crippen LogP contribution in [0.1, 0.15) is 18.2 Å². The van der Waals surface area contributed by atoms with Crippen LogP contribution in [-0.4, -0.2) is 43.6 Å². The molecule has 11 heteroatoms. The Hall–Kier alpha value is -4.93. The highest BCUT2D eigenvalue weighted by Crippen LogP contribution is 2.36. The van der Waals surface area contributed by atoms with Crippen LogP contribution in [0.2, 0.25) is 0 Å². The number of hydrogen-bond acceptors (Lipinski definition) is 10. The number of fused-ring (bicyclic) bond motifs is 1. The first kappa shape index (κ1) is 22.8. The third-order valence-corrected chi connectivity index (χ3v) is 5.31. The van der Waals surface area contributed by atoms with Crippen molar-refractivity contribution in [2.75, 3.05) is 17.2 Å². The normalized spacial score (nSPS) is 12.1. The number of benzene rings is 1. The fourth-order valence-electron chi connectivity index (χ4n) is 3.65. The summed E-state index contributed by atoms with van der Waals surface area (Å²) < 4.78 is 4.96. The van der Waals surface area contributed by atoms with Gasteiger partial charge in [-0.25, -0.2) is 29.7 Å². The summed E-state index contributed by atoms with van der Waals surface area (Å²) in [6, 6.07) is 11.5. The number of rotatable bonds is 6. The first-order valence-electron chi connectivity index (χ1n) is 11.4. The molecule has 11 nitrogen and oxygen atoms in total. The third kappa shape index (κ3) is 5.25. The second-order valence-corrected chi connectivity index (χ2v) is 7.74. The van der Waals surface area contributed by atoms with Crippen LogP contribution in [0.25, 0.3) is 22.5 Å². The lowest BCUT2D eigenvalue weighted by atomic mass is 9.97. The minimum atomic E-state index is -0.574. The molecule has 3 N–H and O–H groups in total. The van der Waals surface area contributed by atoms with Gasteiger partial charge in [0.1, 0.15) is 0 Å². The largest absolute Gasteiger partial charge is 0.450 e. The van der Waals surface area contributed by atoms with E-state index in [-0.39, 0.29) is 6.61 Å². The van der Waals surface area contributed by atoms with Gasteiger partial charge in [-0.05, 0) is 48.4 Å². The van der Waals surface area contributed by atoms with Gasteiger partial charge in [0, 0.05) is 42.1 Å². The molecule has 0 radical (unpaired) electrons. The van der Waals surface area contributed by atoms with E-state index in [1.165, 1.54) is 0 Å². The van der Waals surface area contributed by atoms with Crippen LogP contribution < -0.4 is 16.0 Å². The summed E-state index contributed by atoms with van der Waals surface area (Å²) >= 11 is 0. The standard InChI is InChI=1S/C25H23N9O2/c1-2-36-25(35)34-24-31-12-17-10-16(11-20(21(17)33-24)22-27-8-5-9-28-22)18-13-29-23(30-14-18)32-15-19-6-3-4-7-26-19/h3-11,13-14H,2,12,15H2,1H3,(H,29,30,32)(H2,31,33,34,35). The molecule has 5 rings (SSSR count). The summed E-state index contributed by atoms with van der Waals surface area (Å²) in [4.78, 5) is 38.4. The Morgan fingerprint density at radius 3 is 2.56 bits per heavy atom. The minimum absolute atomic E-state index is 0.266. The van der Waals surface area contributed by atoms with E-state index in [4.69, 9.17) is 4.74 Å². The second kappa shape index (κ2) is 10.6. The molecule has 0 unspecified atom stereocenters. The number of anilines is 2. The molecule has 0 saturated carbocycles. The van der Waals surface area contributed by atoms with E-state index in [9.17, 15) is 4.79 Å². The monoisotopic (exact) mass is 481 g/mol. The molecule has 1 aliphatic heterocycles. The maximum atomic E-state index is 11.9. The fraction of sp³-hybridized carbons (Fsp3) is 0.160. The molecular formula is C25H23N9O2. The van der Waals surface area contributed by atoms with Gasteiger partial charge >= 0.3 is 6.09 Å². The molecule has 0 spiro atoms. The highest BCUT2D eigenvalue weighted by molar-refractivity contribution is 6.06. The molecule has 1 aromatic carbocycles. The number of carbonyl (C=O) groups is 1. The van der Waals surface area contributed by atoms with Gasteiger partial charge in [-0.1, -0.05) is 6.07 Å². The zero-order chi connectivity index (χ0) is 24.7. The first-order valence-corrected chi connectivity index (χ1v) is 11.4. The van der Waals surface area contributed by atoms with Crippen molar-refractivity contribution >= 4 is 23.7 Å². The molecule has 3 aromatic heterocycles. The summed E-state index contributed by atoms with van der Waals surface area (Å²) in [5.41, 5.74) is 5.07. The number of nitrogens with one attached hydrogen (secondary N) is 3. The van der Waals surface area contributed by atoms with Gasteiger partial charge in [-0.2, -0.15) is 0 Å². The highest BCUT2D eigenvalue weighted by Gasteiger charge is 2.21. The molecule has 4 aromatic rings. The Bertz CT molecular complexity index is 1380. The van der Waals surface area contributed by atoms with Gasteiger partial charge in [0.2, 0.25) is 11.9 Å². The van der Waals surface area contributed by atoms with Crippen molar-refractivity contribution in [2.45, 2.75) is 20.0 Å². The van der Waals surface area contributed by atoms with Gasteiger partial charge in [0.05, 0.1) is 31.1 Å². The van der Waals surface area contributed by atoms with E-state index in [1.54, 1.807) is 44.0 Å². The molecule has 180 valence electrons. The average molecular weight is 482 g/mol. The first-order chi connectivity index (χ1) is 17.7. The van der Waals surface area contributed by atoms with Crippen molar-refractivity contribution in [1.29, 1.82) is 0 Å². The number of amides is 1. The van der Waals surface area contributed by atoms with E-state index in [1.807, 2.05) is 30.3 Å². The molecule has 36 heavy (non-hydrogen) atoms. The van der Waals surface area contributed by atoms with Gasteiger partial charge in [0.15, 0.2) is 5.82 Å². The Balaban J connectivity index is 1.42. The lowest BCUT2D eigenvalue weighted by Gasteiger charge is -2.22. The number of aromatic nitrogens is 5. The van der Waals surface area contributed by atoms with Crippen LogP contribution in [0.3, 0.4) is 0 Å². The quantitative estimate of drug-likeness (QED) is 0.377. The number of carbonyl (C=O) groups excluding carboxylic acids is 1. The van der Waals surface area contributed by atoms with E-state index in [2.05, 4.69) is 45.9 Å². The number of alkyl carbamates (subject to hydrolysis) is 1. The van der Waals surface area contributed by atoms with Crippen molar-refractivity contribution in [1.82, 2.24) is 30.2 Å². The highest BCUT2D eigenvalue weighted by atomic mass is 16.5. The summed E-state index contributed by atoms with van der Waals surface area (Å²) in [5.74, 6) is 1.35. The number of ether oxygens (including phenoxy) is 1. The van der Waals surface area contributed by atoms with Gasteiger partial charge in [-0.3, -0.25) is 10.3 Å². The van der Waals surface area contributed by atoms with Crippen LogP contribution in [0.15, 0.2) is 72.4 Å². The maximum absolute atomic E-state index is 11.9. The van der Waals surface area contributed by atoms with Gasteiger partial charge in [0.25, 0.3) is 0 Å². The Kier molecular flexibility index (Phi) is 6.70. The van der Waals surface area contributed by atoms with Crippen LogP contribution in [0.4, 0.5) is 16.4 Å². The molecule has 0 fully saturated rings. The molecule has 4 heterocycles. The number of nitrogens with zero attached hydrogens (tertiary/aromatic N) is 6. The average Bonchev–Trinajstić information content (AvgIpc) is 2.93. The van der Waals surface area contributed by atoms with Crippen molar-refractivity contribution in [3.05, 3.63) is 78.6 Å². The Morgan fingerprint density at radius 2 is 1.81 bits per heavy atom. The topological polar surface area (TPSA) is 139 Å². The van der Waals surface area contributed by atoms with E-state index < -0.39 is 6.09 Å². The SMILES string of the molecule is CCOC(=O)NC1=NCc2cc(-c3cnc(NCc4ccccn4)nc3)cc(-c3ncccn3)c2N1. The maximum Gasteiger partial charge on any atom is 0.413 e. The molecular weight excluding hydrogens is 458 g/mol. The second-order valence-electron chi connectivity index (χ2n) is 7.74. The zero-order valence-electron chi connectivity index (χ0n) is 19.5. The summed E-state index contributed by atoms with van der Waals surface area (Å²) in [6.07, 6.45) is 8.06. The van der Waals surface area contributed by atoms with Crippen LogP contribution in [0, 0.1) is 0 Å². The lowest BCUT2D eigenvalue weighted by Crippen LogP contribution is -2.38. The third-order valence-electron chi connectivity index (χ3n) is 5.31. The summed E-state index contributed by atoms with van der Waals surface area (Å²) in [6.45, 7) is 2.88. The van der Waals surface area contributed by atoms with Crippen molar-refractivity contribution in [2.24, 2.45) is 4.99 Å². The molecule has 1 aliphatic rings. The predicted molar refractivity (Wildman–Crippen MR) is 135 cm³/mol. The Morgan fingerprint density at radius 1 is 1.00 bits per heavy atom. The molecule has 0 aliphatic carbocycles. The minimum Gasteiger partial charge on any atom is -0.450 e. The van der Waals surface area contributed by atoms with Gasteiger partial charge < -0.3 is 15.4 Å². The number of hydrogen-bond donors (Lipinski definition) is 3. The van der Waals surface area contributed by atoms with E-state index in [0.29, 0.717) is 30.8 Å². The molecule has 0 bridgehead atoms. The Labute approximate surface area is 207 Å². The van der Waals surface area contributed by atoms with Crippen molar-refractivity contribution < 1.29 is 9.53 Å². The number of aliphatic imine (C=N–C) groups is 1. The lowest BCUT2D eigenvalue weighted by molar-refractivity contribution is 0.157. The fourth-order valence-corrected chi connectivity index (χ4v) is 3.65. The van der Waals surface area contributed by atoms with E-state index >= 15 is 0 Å². The van der Waals surface area contributed by atoms with Crippen LogP contribution >= 0.6 is 0 Å². The van der Waals surface area contributed by atoms with Crippen LogP contribution in [0.5, 0.6) is 0 Å². The smallest absolute Gasteiger partial charge is 0.413 e. The van der Waals surface area contributed by atoms with Crippen molar-refractivity contribution in [3.63, 3.8) is 0 Å². The molecule has 1 amide bonds. The number of pyridine rings is 1. The van der Waals surface area contributed by atoms with Gasteiger partial charge in [-0.15, -0.1) is 0 Å². The summed E-state index contributed by atoms with van der Waals surface area (Å²) in [7, 11) is 0. The number of guanidine groups is 1.